The van der Waals surface area contributed by atoms with Gasteiger partial charge in [-0.05, 0) is 30.0 Å². The van der Waals surface area contributed by atoms with Crippen LogP contribution in [0.25, 0.3) is 0 Å². The molecule has 1 aromatic carbocycles. The highest BCUT2D eigenvalue weighted by Gasteiger charge is 1.95. The molecule has 0 aliphatic rings. The molecule has 0 saturated carbocycles. The molecule has 0 bridgehead atoms. The SMILES string of the molecule is NC(=S)NNC(=S)NCc1ccccc1. The van der Waals surface area contributed by atoms with Crippen LogP contribution < -0.4 is 21.9 Å². The molecular weight excluding hydrogens is 228 g/mol. The summed E-state index contributed by atoms with van der Waals surface area (Å²) in [6, 6.07) is 9.93. The van der Waals surface area contributed by atoms with Crippen LogP contribution in [0.15, 0.2) is 30.3 Å². The predicted octanol–water partition coefficient (Wildman–Crippen LogP) is 0.399. The van der Waals surface area contributed by atoms with Crippen LogP contribution in [-0.4, -0.2) is 10.2 Å². The smallest absolute Gasteiger partial charge is 0.185 e. The summed E-state index contributed by atoms with van der Waals surface area (Å²) in [5.41, 5.74) is 11.6. The lowest BCUT2D eigenvalue weighted by Gasteiger charge is -2.10. The molecule has 0 unspecified atom stereocenters. The van der Waals surface area contributed by atoms with Crippen molar-refractivity contribution >= 4 is 34.7 Å². The van der Waals surface area contributed by atoms with Crippen molar-refractivity contribution in [3.05, 3.63) is 35.9 Å². The van der Waals surface area contributed by atoms with Crippen molar-refractivity contribution < 1.29 is 0 Å². The van der Waals surface area contributed by atoms with E-state index in [4.69, 9.17) is 18.0 Å². The maximum Gasteiger partial charge on any atom is 0.185 e. The topological polar surface area (TPSA) is 62.1 Å². The first-order valence-electron chi connectivity index (χ1n) is 4.31. The average Bonchev–Trinajstić information content (AvgIpc) is 2.25. The Hall–Kier alpha value is -1.40. The summed E-state index contributed by atoms with van der Waals surface area (Å²) < 4.78 is 0. The molecule has 4 nitrogen and oxygen atoms in total. The van der Waals surface area contributed by atoms with Gasteiger partial charge in [-0.15, -0.1) is 0 Å². The van der Waals surface area contributed by atoms with Gasteiger partial charge in [-0.2, -0.15) is 0 Å². The van der Waals surface area contributed by atoms with Gasteiger partial charge in [0, 0.05) is 6.54 Å². The lowest BCUT2D eigenvalue weighted by Crippen LogP contribution is -2.48. The summed E-state index contributed by atoms with van der Waals surface area (Å²) in [4.78, 5) is 0. The Kier molecular flexibility index (Phi) is 4.79. The Balaban J connectivity index is 2.26. The number of hydrazine groups is 1. The van der Waals surface area contributed by atoms with E-state index in [1.807, 2.05) is 30.3 Å². The minimum atomic E-state index is 0.152. The fraction of sp³-hybridized carbons (Fsp3) is 0.111. The summed E-state index contributed by atoms with van der Waals surface area (Å²) in [6.07, 6.45) is 0. The number of rotatable bonds is 2. The number of hydrogen-bond acceptors (Lipinski definition) is 2. The molecule has 0 saturated heterocycles. The van der Waals surface area contributed by atoms with Crippen LogP contribution >= 0.6 is 24.4 Å². The van der Waals surface area contributed by atoms with E-state index < -0.39 is 0 Å². The van der Waals surface area contributed by atoms with E-state index in [-0.39, 0.29) is 5.11 Å². The van der Waals surface area contributed by atoms with Crippen molar-refractivity contribution in [2.24, 2.45) is 5.73 Å². The third-order valence-electron chi connectivity index (χ3n) is 1.60. The fourth-order valence-electron chi connectivity index (χ4n) is 0.941. The molecule has 15 heavy (non-hydrogen) atoms. The molecule has 0 amide bonds. The van der Waals surface area contributed by atoms with Crippen LogP contribution in [0, 0.1) is 0 Å². The normalized spacial score (nSPS) is 9.07. The van der Waals surface area contributed by atoms with Crippen molar-refractivity contribution in [1.29, 1.82) is 0 Å². The van der Waals surface area contributed by atoms with Crippen LogP contribution in [0.2, 0.25) is 0 Å². The summed E-state index contributed by atoms with van der Waals surface area (Å²) in [5, 5.41) is 3.60. The van der Waals surface area contributed by atoms with Gasteiger partial charge in [0.05, 0.1) is 0 Å². The van der Waals surface area contributed by atoms with Gasteiger partial charge in [0.1, 0.15) is 0 Å². The maximum atomic E-state index is 5.22. The van der Waals surface area contributed by atoms with E-state index in [9.17, 15) is 0 Å². The molecule has 0 aliphatic carbocycles. The standard InChI is InChI=1S/C9H12N4S2/c10-8(14)12-13-9(15)11-6-7-4-2-1-3-5-7/h1-5H,6H2,(H3,10,12,14)(H2,11,13,15). The van der Waals surface area contributed by atoms with Crippen molar-refractivity contribution in [3.63, 3.8) is 0 Å². The minimum Gasteiger partial charge on any atom is -0.375 e. The Morgan fingerprint density at radius 2 is 1.80 bits per heavy atom. The largest absolute Gasteiger partial charge is 0.375 e. The summed E-state index contributed by atoms with van der Waals surface area (Å²) >= 11 is 9.58. The van der Waals surface area contributed by atoms with Crippen LogP contribution in [0.1, 0.15) is 5.56 Å². The second-order valence-corrected chi connectivity index (χ2v) is 3.63. The molecule has 0 spiro atoms. The second-order valence-electron chi connectivity index (χ2n) is 2.78. The lowest BCUT2D eigenvalue weighted by molar-refractivity contribution is 0.806. The van der Waals surface area contributed by atoms with Crippen LogP contribution in [0.4, 0.5) is 0 Å². The van der Waals surface area contributed by atoms with Gasteiger partial charge in [-0.3, -0.25) is 10.9 Å². The Morgan fingerprint density at radius 3 is 2.40 bits per heavy atom. The van der Waals surface area contributed by atoms with E-state index in [1.54, 1.807) is 0 Å². The molecule has 1 rings (SSSR count). The Bertz CT molecular complexity index is 339. The molecule has 0 heterocycles. The Labute approximate surface area is 99.2 Å². The van der Waals surface area contributed by atoms with Gasteiger partial charge in [-0.25, -0.2) is 0 Å². The Morgan fingerprint density at radius 1 is 1.13 bits per heavy atom. The minimum absolute atomic E-state index is 0.152. The highest BCUT2D eigenvalue weighted by molar-refractivity contribution is 7.80. The van der Waals surface area contributed by atoms with Crippen molar-refractivity contribution in [3.8, 4) is 0 Å². The zero-order chi connectivity index (χ0) is 11.1. The van der Waals surface area contributed by atoms with Gasteiger partial charge in [0.2, 0.25) is 0 Å². The van der Waals surface area contributed by atoms with Crippen LogP contribution in [0.5, 0.6) is 0 Å². The van der Waals surface area contributed by atoms with Crippen LogP contribution in [0.3, 0.4) is 0 Å². The molecule has 1 aromatic rings. The maximum absolute atomic E-state index is 5.22. The number of nitrogens with one attached hydrogen (secondary N) is 3. The highest BCUT2D eigenvalue weighted by atomic mass is 32.1. The van der Waals surface area contributed by atoms with E-state index in [0.717, 1.165) is 5.56 Å². The molecule has 80 valence electrons. The second kappa shape index (κ2) is 6.15. The molecule has 0 atom stereocenters. The summed E-state index contributed by atoms with van der Waals surface area (Å²) in [7, 11) is 0. The van der Waals surface area contributed by atoms with Gasteiger partial charge in [0.25, 0.3) is 0 Å². The zero-order valence-electron chi connectivity index (χ0n) is 7.99. The van der Waals surface area contributed by atoms with Gasteiger partial charge in [-0.1, -0.05) is 30.3 Å². The van der Waals surface area contributed by atoms with Gasteiger partial charge < -0.3 is 11.1 Å². The quantitative estimate of drug-likeness (QED) is 0.443. The number of nitrogens with two attached hydrogens (primary N) is 1. The van der Waals surface area contributed by atoms with Crippen molar-refractivity contribution in [2.75, 3.05) is 0 Å². The zero-order valence-corrected chi connectivity index (χ0v) is 9.62. The van der Waals surface area contributed by atoms with E-state index in [0.29, 0.717) is 11.7 Å². The van der Waals surface area contributed by atoms with E-state index >= 15 is 0 Å². The third kappa shape index (κ3) is 5.14. The van der Waals surface area contributed by atoms with Crippen LogP contribution in [-0.2, 0) is 6.54 Å². The molecule has 0 aromatic heterocycles. The predicted molar refractivity (Wildman–Crippen MR) is 68.9 cm³/mol. The number of hydrogen-bond donors (Lipinski definition) is 4. The summed E-state index contributed by atoms with van der Waals surface area (Å²) in [6.45, 7) is 0.658. The molecule has 0 fully saturated rings. The lowest BCUT2D eigenvalue weighted by atomic mass is 10.2. The number of benzene rings is 1. The highest BCUT2D eigenvalue weighted by Crippen LogP contribution is 1.96. The monoisotopic (exact) mass is 240 g/mol. The molecule has 6 heteroatoms. The van der Waals surface area contributed by atoms with Gasteiger partial charge in [0.15, 0.2) is 10.2 Å². The third-order valence-corrected chi connectivity index (χ3v) is 1.94. The molecule has 0 radical (unpaired) electrons. The van der Waals surface area contributed by atoms with Crippen molar-refractivity contribution in [2.45, 2.75) is 6.54 Å². The van der Waals surface area contributed by atoms with Crippen molar-refractivity contribution in [1.82, 2.24) is 16.2 Å². The first-order chi connectivity index (χ1) is 7.18. The molecular formula is C9H12N4S2. The van der Waals surface area contributed by atoms with E-state index in [1.165, 1.54) is 0 Å². The first kappa shape index (κ1) is 11.7. The van der Waals surface area contributed by atoms with Gasteiger partial charge >= 0.3 is 0 Å². The molecule has 0 aliphatic heterocycles. The average molecular weight is 240 g/mol. The van der Waals surface area contributed by atoms with E-state index in [2.05, 4.69) is 28.4 Å². The summed E-state index contributed by atoms with van der Waals surface area (Å²) in [5.74, 6) is 0. The number of thiocarbonyl (C=S) groups is 2. The first-order valence-corrected chi connectivity index (χ1v) is 5.13. The fourth-order valence-corrected chi connectivity index (χ4v) is 1.11. The molecule has 5 N–H and O–H groups in total.